The molecule has 7 rings (SSSR count). The van der Waals surface area contributed by atoms with Gasteiger partial charge in [0.05, 0.1) is 11.2 Å². The first-order chi connectivity index (χ1) is 13.7. The van der Waals surface area contributed by atoms with Crippen molar-refractivity contribution < 1.29 is 4.79 Å². The smallest absolute Gasteiger partial charge is 0.288 e. The molecule has 0 aliphatic heterocycles. The zero-order valence-corrected chi connectivity index (χ0v) is 15.8. The van der Waals surface area contributed by atoms with Crippen LogP contribution in [0.4, 0.5) is 0 Å². The standard InChI is InChI=1S/C23H24N4O/c28-22(26-23-11-15-8-16(12-23)10-17(9-15)13-23)21-25-20(18-4-3-6-24-14-18)19-5-1-2-7-27(19)21/h1-7,14-17H,8-13H2,(H,26,28). The van der Waals surface area contributed by atoms with Crippen LogP contribution in [0.5, 0.6) is 0 Å². The van der Waals surface area contributed by atoms with Gasteiger partial charge in [0.15, 0.2) is 0 Å². The molecule has 0 saturated heterocycles. The maximum atomic E-state index is 13.4. The minimum absolute atomic E-state index is 0.0130. The van der Waals surface area contributed by atoms with Crippen LogP contribution in [0.15, 0.2) is 48.9 Å². The molecule has 142 valence electrons. The summed E-state index contributed by atoms with van der Waals surface area (Å²) in [5, 5.41) is 3.46. The number of nitrogens with zero attached hydrogens (tertiary/aromatic N) is 3. The van der Waals surface area contributed by atoms with Crippen molar-refractivity contribution in [2.75, 3.05) is 0 Å². The average Bonchev–Trinajstić information content (AvgIpc) is 3.07. The van der Waals surface area contributed by atoms with E-state index in [1.54, 1.807) is 12.4 Å². The van der Waals surface area contributed by atoms with Gasteiger partial charge in [0, 0.05) is 29.7 Å². The van der Waals surface area contributed by atoms with Crippen LogP contribution in [0.1, 0.15) is 49.1 Å². The fourth-order valence-electron chi connectivity index (χ4n) is 6.47. The SMILES string of the molecule is O=C(NC12CC3CC(CC(C3)C1)C2)c1nc(-c2cccnc2)c2ccccn12. The average molecular weight is 372 g/mol. The number of amides is 1. The highest BCUT2D eigenvalue weighted by Gasteiger charge is 2.51. The summed E-state index contributed by atoms with van der Waals surface area (Å²) in [5.41, 5.74) is 2.66. The lowest BCUT2D eigenvalue weighted by atomic mass is 9.53. The van der Waals surface area contributed by atoms with Gasteiger partial charge >= 0.3 is 0 Å². The van der Waals surface area contributed by atoms with E-state index >= 15 is 0 Å². The quantitative estimate of drug-likeness (QED) is 0.753. The molecule has 5 nitrogen and oxygen atoms in total. The van der Waals surface area contributed by atoms with E-state index in [1.165, 1.54) is 19.3 Å². The molecule has 4 saturated carbocycles. The molecule has 3 heterocycles. The molecule has 0 aromatic carbocycles. The summed E-state index contributed by atoms with van der Waals surface area (Å²) in [5.74, 6) is 2.84. The Morgan fingerprint density at radius 3 is 2.46 bits per heavy atom. The Morgan fingerprint density at radius 1 is 1.04 bits per heavy atom. The van der Waals surface area contributed by atoms with Crippen LogP contribution in [0, 0.1) is 17.8 Å². The normalized spacial score (nSPS) is 30.6. The predicted molar refractivity (Wildman–Crippen MR) is 107 cm³/mol. The number of fused-ring (bicyclic) bond motifs is 1. The van der Waals surface area contributed by atoms with Crippen LogP contribution in [0.2, 0.25) is 0 Å². The third-order valence-electron chi connectivity index (χ3n) is 7.10. The largest absolute Gasteiger partial charge is 0.344 e. The zero-order chi connectivity index (χ0) is 18.7. The van der Waals surface area contributed by atoms with E-state index in [0.717, 1.165) is 53.8 Å². The lowest BCUT2D eigenvalue weighted by Gasteiger charge is -2.56. The van der Waals surface area contributed by atoms with Crippen LogP contribution in [0.3, 0.4) is 0 Å². The number of carbonyl (C=O) groups excluding carboxylic acids is 1. The molecule has 0 unspecified atom stereocenters. The highest BCUT2D eigenvalue weighted by molar-refractivity contribution is 5.95. The van der Waals surface area contributed by atoms with E-state index in [2.05, 4.69) is 10.3 Å². The second-order valence-electron chi connectivity index (χ2n) is 9.13. The molecule has 1 amide bonds. The molecule has 3 aromatic heterocycles. The molecule has 0 radical (unpaired) electrons. The fourth-order valence-corrected chi connectivity index (χ4v) is 6.47. The van der Waals surface area contributed by atoms with E-state index in [-0.39, 0.29) is 11.4 Å². The second kappa shape index (κ2) is 5.90. The Balaban J connectivity index is 1.38. The van der Waals surface area contributed by atoms with Crippen molar-refractivity contribution in [3.05, 3.63) is 54.7 Å². The number of pyridine rings is 2. The van der Waals surface area contributed by atoms with Gasteiger partial charge in [-0.05, 0) is 80.5 Å². The lowest BCUT2D eigenvalue weighted by molar-refractivity contribution is -0.0168. The summed E-state index contributed by atoms with van der Waals surface area (Å²) in [7, 11) is 0. The van der Waals surface area contributed by atoms with E-state index in [4.69, 9.17) is 4.98 Å². The van der Waals surface area contributed by atoms with Gasteiger partial charge in [-0.2, -0.15) is 0 Å². The fraction of sp³-hybridized carbons (Fsp3) is 0.435. The molecule has 0 atom stereocenters. The van der Waals surface area contributed by atoms with Gasteiger partial charge in [0.1, 0.15) is 0 Å². The second-order valence-corrected chi connectivity index (χ2v) is 9.13. The van der Waals surface area contributed by atoms with E-state index in [9.17, 15) is 4.79 Å². The maximum Gasteiger partial charge on any atom is 0.288 e. The zero-order valence-electron chi connectivity index (χ0n) is 15.8. The molecule has 0 spiro atoms. The number of imidazole rings is 1. The highest BCUT2D eigenvalue weighted by atomic mass is 16.2. The van der Waals surface area contributed by atoms with Gasteiger partial charge in [-0.1, -0.05) is 6.07 Å². The van der Waals surface area contributed by atoms with Gasteiger partial charge in [-0.15, -0.1) is 0 Å². The molecular formula is C23H24N4O. The van der Waals surface area contributed by atoms with Crippen molar-refractivity contribution in [1.29, 1.82) is 0 Å². The Labute approximate surface area is 164 Å². The molecule has 4 aliphatic carbocycles. The van der Waals surface area contributed by atoms with Crippen molar-refractivity contribution in [1.82, 2.24) is 19.7 Å². The van der Waals surface area contributed by atoms with Gasteiger partial charge in [0.2, 0.25) is 5.82 Å². The number of hydrogen-bond acceptors (Lipinski definition) is 3. The first-order valence-electron chi connectivity index (χ1n) is 10.4. The van der Waals surface area contributed by atoms with Gasteiger partial charge in [-0.25, -0.2) is 4.98 Å². The molecule has 4 bridgehead atoms. The number of aromatic nitrogens is 3. The molecule has 4 aliphatic rings. The van der Waals surface area contributed by atoms with Crippen molar-refractivity contribution in [2.45, 2.75) is 44.1 Å². The van der Waals surface area contributed by atoms with Crippen LogP contribution in [-0.4, -0.2) is 25.8 Å². The lowest BCUT2D eigenvalue weighted by Crippen LogP contribution is -2.60. The maximum absolute atomic E-state index is 13.4. The number of carbonyl (C=O) groups is 1. The molecule has 1 N–H and O–H groups in total. The van der Waals surface area contributed by atoms with E-state index in [1.807, 2.05) is 40.9 Å². The number of rotatable bonds is 3. The van der Waals surface area contributed by atoms with Crippen molar-refractivity contribution in [2.24, 2.45) is 17.8 Å². The molecular weight excluding hydrogens is 348 g/mol. The monoisotopic (exact) mass is 372 g/mol. The third kappa shape index (κ3) is 2.49. The van der Waals surface area contributed by atoms with Gasteiger partial charge in [-0.3, -0.25) is 14.2 Å². The molecule has 28 heavy (non-hydrogen) atoms. The van der Waals surface area contributed by atoms with Crippen LogP contribution < -0.4 is 5.32 Å². The number of hydrogen-bond donors (Lipinski definition) is 1. The molecule has 3 aromatic rings. The Kier molecular flexibility index (Phi) is 3.43. The Hall–Kier alpha value is -2.69. The summed E-state index contributed by atoms with van der Waals surface area (Å²) in [6.07, 6.45) is 13.0. The van der Waals surface area contributed by atoms with Gasteiger partial charge < -0.3 is 5.32 Å². The van der Waals surface area contributed by atoms with Crippen molar-refractivity contribution in [3.63, 3.8) is 0 Å². The third-order valence-corrected chi connectivity index (χ3v) is 7.10. The van der Waals surface area contributed by atoms with Crippen molar-refractivity contribution in [3.8, 4) is 11.3 Å². The summed E-state index contributed by atoms with van der Waals surface area (Å²) >= 11 is 0. The Morgan fingerprint density at radius 2 is 1.79 bits per heavy atom. The minimum atomic E-state index is -0.0432. The summed E-state index contributed by atoms with van der Waals surface area (Å²) < 4.78 is 1.91. The first-order valence-corrected chi connectivity index (χ1v) is 10.4. The van der Waals surface area contributed by atoms with Crippen molar-refractivity contribution >= 4 is 11.4 Å². The predicted octanol–water partition coefficient (Wildman–Crippen LogP) is 4.09. The van der Waals surface area contributed by atoms with Gasteiger partial charge in [0.25, 0.3) is 5.91 Å². The number of nitrogens with one attached hydrogen (secondary N) is 1. The molecule has 5 heteroatoms. The van der Waals surface area contributed by atoms with E-state index in [0.29, 0.717) is 5.82 Å². The molecule has 4 fully saturated rings. The minimum Gasteiger partial charge on any atom is -0.344 e. The topological polar surface area (TPSA) is 59.3 Å². The first kappa shape index (κ1) is 16.3. The summed E-state index contributed by atoms with van der Waals surface area (Å²) in [6, 6.07) is 9.83. The van der Waals surface area contributed by atoms with Crippen LogP contribution >= 0.6 is 0 Å². The van der Waals surface area contributed by atoms with Crippen LogP contribution in [-0.2, 0) is 0 Å². The Bertz CT molecular complexity index is 1020. The van der Waals surface area contributed by atoms with E-state index < -0.39 is 0 Å². The highest BCUT2D eigenvalue weighted by Crippen LogP contribution is 2.55. The summed E-state index contributed by atoms with van der Waals surface area (Å²) in [6.45, 7) is 0. The summed E-state index contributed by atoms with van der Waals surface area (Å²) in [4.78, 5) is 22.4. The van der Waals surface area contributed by atoms with Crippen LogP contribution in [0.25, 0.3) is 16.8 Å².